The Morgan fingerprint density at radius 2 is 1.06 bits per heavy atom. The zero-order chi connectivity index (χ0) is 37.3. The molecule has 1 aliphatic heterocycles. The maximum atomic E-state index is 12.4. The summed E-state index contributed by atoms with van der Waals surface area (Å²) in [5, 5.41) is 0. The Morgan fingerprint density at radius 3 is 1.61 bits per heavy atom. The fourth-order valence-corrected chi connectivity index (χ4v) is 5.42. The minimum Gasteiger partial charge on any atom is -0.462 e. The SMILES string of the molecule is CCCCC/C=C\C/C=C\C/C=C\CCCCC(=O)O[C@H](COC(=O)CCC/C=C\CC1OC1C/C=C\C/C=C\CCCCC)COP(=O)(O)O. The van der Waals surface area contributed by atoms with Crippen molar-refractivity contribution in [1.82, 2.24) is 0 Å². The van der Waals surface area contributed by atoms with Crippen molar-refractivity contribution in [1.29, 1.82) is 0 Å². The van der Waals surface area contributed by atoms with Gasteiger partial charge in [0.1, 0.15) is 6.61 Å². The molecule has 0 aromatic heterocycles. The molecular weight excluding hydrogens is 667 g/mol. The Morgan fingerprint density at radius 1 is 0.608 bits per heavy atom. The lowest BCUT2D eigenvalue weighted by molar-refractivity contribution is -0.161. The van der Waals surface area contributed by atoms with Crippen LogP contribution in [0.5, 0.6) is 0 Å². The molecule has 0 aromatic rings. The zero-order valence-corrected chi connectivity index (χ0v) is 32.3. The molecule has 0 saturated carbocycles. The summed E-state index contributed by atoms with van der Waals surface area (Å²) in [7, 11) is -4.78. The van der Waals surface area contributed by atoms with Gasteiger partial charge in [-0.25, -0.2) is 4.57 Å². The third kappa shape index (κ3) is 31.9. The van der Waals surface area contributed by atoms with Crippen LogP contribution >= 0.6 is 7.82 Å². The molecule has 290 valence electrons. The van der Waals surface area contributed by atoms with E-state index in [2.05, 4.69) is 85.2 Å². The monoisotopic (exact) mass is 734 g/mol. The molecule has 1 fully saturated rings. The molecule has 0 aliphatic carbocycles. The van der Waals surface area contributed by atoms with Crippen molar-refractivity contribution in [2.45, 2.75) is 161 Å². The van der Waals surface area contributed by atoms with Crippen LogP contribution in [0, 0.1) is 0 Å². The van der Waals surface area contributed by atoms with Crippen LogP contribution in [0.4, 0.5) is 0 Å². The molecule has 10 heteroatoms. The highest BCUT2D eigenvalue weighted by Gasteiger charge is 2.36. The first-order valence-electron chi connectivity index (χ1n) is 19.4. The van der Waals surface area contributed by atoms with Gasteiger partial charge >= 0.3 is 19.8 Å². The third-order valence-corrected chi connectivity index (χ3v) is 8.59. The molecule has 9 nitrogen and oxygen atoms in total. The summed E-state index contributed by atoms with van der Waals surface area (Å²) in [6.07, 6.45) is 43.7. The predicted octanol–water partition coefficient (Wildman–Crippen LogP) is 10.5. The molecule has 1 rings (SSSR count). The van der Waals surface area contributed by atoms with Crippen LogP contribution in [0.2, 0.25) is 0 Å². The summed E-state index contributed by atoms with van der Waals surface area (Å²) in [5.41, 5.74) is 0. The van der Waals surface area contributed by atoms with Gasteiger partial charge in [0.25, 0.3) is 0 Å². The van der Waals surface area contributed by atoms with Gasteiger partial charge in [-0.1, -0.05) is 112 Å². The van der Waals surface area contributed by atoms with Gasteiger partial charge < -0.3 is 24.0 Å². The highest BCUT2D eigenvalue weighted by Crippen LogP contribution is 2.36. The van der Waals surface area contributed by atoms with Crippen LogP contribution in [0.1, 0.15) is 142 Å². The Hall–Kier alpha value is -2.55. The quantitative estimate of drug-likeness (QED) is 0.0222. The van der Waals surface area contributed by atoms with Gasteiger partial charge in [0.15, 0.2) is 6.10 Å². The summed E-state index contributed by atoms with van der Waals surface area (Å²) >= 11 is 0. The lowest BCUT2D eigenvalue weighted by Crippen LogP contribution is -2.29. The van der Waals surface area contributed by atoms with Gasteiger partial charge in [0, 0.05) is 12.8 Å². The largest absolute Gasteiger partial charge is 0.469 e. The fourth-order valence-electron chi connectivity index (χ4n) is 5.06. The number of allylic oxidation sites excluding steroid dienone is 10. The Balaban J connectivity index is 2.18. The predicted molar refractivity (Wildman–Crippen MR) is 206 cm³/mol. The van der Waals surface area contributed by atoms with Gasteiger partial charge in [0.05, 0.1) is 18.8 Å². The number of phosphoric acid groups is 1. The van der Waals surface area contributed by atoms with Crippen molar-refractivity contribution in [3.8, 4) is 0 Å². The fraction of sp³-hybridized carbons (Fsp3) is 0.659. The minimum absolute atomic E-state index is 0.144. The van der Waals surface area contributed by atoms with E-state index in [1.165, 1.54) is 38.5 Å². The average molecular weight is 735 g/mol. The minimum atomic E-state index is -4.78. The van der Waals surface area contributed by atoms with E-state index in [1.54, 1.807) is 0 Å². The van der Waals surface area contributed by atoms with Crippen LogP contribution in [0.3, 0.4) is 0 Å². The number of ether oxygens (including phenoxy) is 3. The second-order valence-electron chi connectivity index (χ2n) is 12.9. The number of carbonyl (C=O) groups is 2. The summed E-state index contributed by atoms with van der Waals surface area (Å²) in [6, 6.07) is 0. The van der Waals surface area contributed by atoms with E-state index in [-0.39, 0.29) is 31.7 Å². The van der Waals surface area contributed by atoms with Gasteiger partial charge in [-0.3, -0.25) is 14.1 Å². The van der Waals surface area contributed by atoms with Crippen LogP contribution in [-0.4, -0.2) is 53.3 Å². The van der Waals surface area contributed by atoms with Gasteiger partial charge in [-0.2, -0.15) is 0 Å². The normalized spacial score (nSPS) is 17.3. The van der Waals surface area contributed by atoms with Crippen molar-refractivity contribution in [3.63, 3.8) is 0 Å². The summed E-state index contributed by atoms with van der Waals surface area (Å²) < 4.78 is 32.0. The van der Waals surface area contributed by atoms with Gasteiger partial charge in [-0.15, -0.1) is 0 Å². The van der Waals surface area contributed by atoms with Gasteiger partial charge in [0.2, 0.25) is 0 Å². The third-order valence-electron chi connectivity index (χ3n) is 8.10. The molecule has 0 aromatic carbocycles. The van der Waals surface area contributed by atoms with Crippen molar-refractivity contribution in [3.05, 3.63) is 72.9 Å². The molecule has 2 N–H and O–H groups in total. The highest BCUT2D eigenvalue weighted by atomic mass is 31.2. The first kappa shape index (κ1) is 46.5. The molecule has 0 radical (unpaired) electrons. The second-order valence-corrected chi connectivity index (χ2v) is 14.2. The Kier molecular flexibility index (Phi) is 29.3. The molecule has 1 saturated heterocycles. The van der Waals surface area contributed by atoms with E-state index in [4.69, 9.17) is 24.0 Å². The molecule has 0 bridgehead atoms. The molecule has 1 aliphatic rings. The number of esters is 2. The average Bonchev–Trinajstić information content (AvgIpc) is 3.85. The highest BCUT2D eigenvalue weighted by molar-refractivity contribution is 7.46. The zero-order valence-electron chi connectivity index (χ0n) is 31.4. The first-order chi connectivity index (χ1) is 24.7. The van der Waals surface area contributed by atoms with E-state index >= 15 is 0 Å². The maximum Gasteiger partial charge on any atom is 0.469 e. The number of hydrogen-bond acceptors (Lipinski definition) is 7. The number of carbonyl (C=O) groups excluding carboxylic acids is 2. The first-order valence-corrected chi connectivity index (χ1v) is 20.9. The smallest absolute Gasteiger partial charge is 0.462 e. The molecule has 0 amide bonds. The molecule has 51 heavy (non-hydrogen) atoms. The number of unbranched alkanes of at least 4 members (excludes halogenated alkanes) is 9. The van der Waals surface area contributed by atoms with Crippen LogP contribution in [0.25, 0.3) is 0 Å². The van der Waals surface area contributed by atoms with Crippen molar-refractivity contribution in [2.75, 3.05) is 13.2 Å². The van der Waals surface area contributed by atoms with Crippen molar-refractivity contribution < 1.29 is 42.7 Å². The number of epoxide rings is 1. The Bertz CT molecular complexity index is 1120. The molecule has 2 unspecified atom stereocenters. The van der Waals surface area contributed by atoms with Crippen LogP contribution in [0.15, 0.2) is 72.9 Å². The lowest BCUT2D eigenvalue weighted by atomic mass is 10.1. The number of rotatable bonds is 33. The van der Waals surface area contributed by atoms with E-state index in [1.807, 2.05) is 6.08 Å². The second kappa shape index (κ2) is 32.1. The summed E-state index contributed by atoms with van der Waals surface area (Å²) in [5.74, 6) is -1.01. The van der Waals surface area contributed by atoms with Crippen molar-refractivity contribution in [2.24, 2.45) is 0 Å². The molecular formula is C41H67O9P. The van der Waals surface area contributed by atoms with E-state index in [0.717, 1.165) is 57.8 Å². The lowest BCUT2D eigenvalue weighted by Gasteiger charge is -2.18. The van der Waals surface area contributed by atoms with E-state index in [9.17, 15) is 14.2 Å². The standard InChI is InChI=1S/C41H67O9P/c1-3-5-7-9-11-13-14-15-16-17-18-20-22-24-30-34-41(43)49-37(36-48-51(44,45)46)35-47-40(42)33-29-26-25-28-32-39-38(50-39)31-27-23-21-19-12-10-8-6-4-2/h11-13,15-16,18-20,23,25,27-28,37-39H,3-10,14,17,21-22,24,26,29-36H2,1-2H3,(H2,44,45,46)/b13-11-,16-15-,19-12-,20-18-,27-23-,28-25-/t37-,38?,39?/m1/s1. The molecule has 1 heterocycles. The number of phosphoric ester groups is 1. The number of hydrogen-bond donors (Lipinski definition) is 2. The van der Waals surface area contributed by atoms with Gasteiger partial charge in [-0.05, 0) is 89.9 Å². The topological polar surface area (TPSA) is 132 Å². The molecule has 0 spiro atoms. The summed E-state index contributed by atoms with van der Waals surface area (Å²) in [6.45, 7) is 3.51. The van der Waals surface area contributed by atoms with Crippen molar-refractivity contribution >= 4 is 19.8 Å². The van der Waals surface area contributed by atoms with E-state index < -0.39 is 32.5 Å². The summed E-state index contributed by atoms with van der Waals surface area (Å²) in [4.78, 5) is 42.8. The Labute approximate surface area is 308 Å². The molecule has 3 atom stereocenters. The van der Waals surface area contributed by atoms with E-state index in [0.29, 0.717) is 19.3 Å². The maximum absolute atomic E-state index is 12.4. The van der Waals surface area contributed by atoms with Crippen LogP contribution < -0.4 is 0 Å². The van der Waals surface area contributed by atoms with Crippen LogP contribution in [-0.2, 0) is 32.9 Å².